The van der Waals surface area contributed by atoms with Crippen molar-refractivity contribution in [3.63, 3.8) is 0 Å². The van der Waals surface area contributed by atoms with Gasteiger partial charge in [0.05, 0.1) is 11.1 Å². The maximum atomic E-state index is 11.2. The smallest absolute Gasteiger partial charge is 0.337 e. The quantitative estimate of drug-likeness (QED) is 0.856. The Morgan fingerprint density at radius 1 is 1.05 bits per heavy atom. The topological polar surface area (TPSA) is 79.5 Å². The van der Waals surface area contributed by atoms with Gasteiger partial charge >= 0.3 is 11.9 Å². The van der Waals surface area contributed by atoms with E-state index in [1.807, 2.05) is 11.5 Å². The number of hydrogen-bond acceptors (Lipinski definition) is 2. The maximum Gasteiger partial charge on any atom is 0.337 e. The van der Waals surface area contributed by atoms with Crippen LogP contribution in [-0.4, -0.2) is 26.7 Å². The fraction of sp³-hybridized carbons (Fsp3) is 0.250. The zero-order chi connectivity index (χ0) is 15.4. The number of carbonyl (C=O) groups is 2. The highest BCUT2D eigenvalue weighted by Crippen LogP contribution is 2.16. The molecule has 0 saturated carbocycles. The summed E-state index contributed by atoms with van der Waals surface area (Å²) in [6, 6.07) is 8.22. The molecule has 1 heterocycles. The molecular weight excluding hydrogens is 270 g/mol. The van der Waals surface area contributed by atoms with Crippen molar-refractivity contribution >= 4 is 11.9 Å². The minimum Gasteiger partial charge on any atom is -0.478 e. The van der Waals surface area contributed by atoms with Gasteiger partial charge in [-0.1, -0.05) is 25.5 Å². The van der Waals surface area contributed by atoms with E-state index in [9.17, 15) is 14.7 Å². The van der Waals surface area contributed by atoms with Crippen molar-refractivity contribution in [1.82, 2.24) is 4.57 Å². The molecule has 2 rings (SSSR count). The van der Waals surface area contributed by atoms with Crippen molar-refractivity contribution in [1.29, 1.82) is 0 Å². The van der Waals surface area contributed by atoms with Crippen molar-refractivity contribution in [3.05, 3.63) is 58.9 Å². The second-order valence-electron chi connectivity index (χ2n) is 4.86. The highest BCUT2D eigenvalue weighted by Gasteiger charge is 2.14. The third-order valence-electron chi connectivity index (χ3n) is 3.35. The number of nitrogens with zero attached hydrogens (tertiary/aromatic N) is 1. The van der Waals surface area contributed by atoms with E-state index < -0.39 is 11.9 Å². The Bertz CT molecular complexity index is 655. The molecule has 0 aliphatic rings. The summed E-state index contributed by atoms with van der Waals surface area (Å²) in [7, 11) is 0. The van der Waals surface area contributed by atoms with Crippen LogP contribution < -0.4 is 0 Å². The summed E-state index contributed by atoms with van der Waals surface area (Å²) in [6.45, 7) is 2.53. The van der Waals surface area contributed by atoms with Crippen LogP contribution in [0.5, 0.6) is 0 Å². The molecule has 0 fully saturated rings. The molecular formula is C16H17NO4. The van der Waals surface area contributed by atoms with Gasteiger partial charge in [-0.15, -0.1) is 0 Å². The summed E-state index contributed by atoms with van der Waals surface area (Å²) < 4.78 is 1.91. The number of carboxylic acids is 2. The van der Waals surface area contributed by atoms with Crippen LogP contribution in [0.2, 0.25) is 0 Å². The van der Waals surface area contributed by atoms with E-state index in [2.05, 4.69) is 0 Å². The molecule has 21 heavy (non-hydrogen) atoms. The Morgan fingerprint density at radius 3 is 2.24 bits per heavy atom. The van der Waals surface area contributed by atoms with E-state index in [4.69, 9.17) is 5.11 Å². The molecule has 1 aromatic carbocycles. The van der Waals surface area contributed by atoms with Crippen molar-refractivity contribution in [3.8, 4) is 0 Å². The molecule has 0 unspecified atom stereocenters. The molecule has 5 heteroatoms. The molecule has 2 N–H and O–H groups in total. The van der Waals surface area contributed by atoms with Gasteiger partial charge in [-0.25, -0.2) is 9.59 Å². The first-order valence-corrected chi connectivity index (χ1v) is 6.76. The molecule has 110 valence electrons. The zero-order valence-corrected chi connectivity index (χ0v) is 11.7. The normalized spacial score (nSPS) is 10.5. The van der Waals surface area contributed by atoms with Crippen LogP contribution in [-0.2, 0) is 13.0 Å². The summed E-state index contributed by atoms with van der Waals surface area (Å²) in [5, 5.41) is 18.1. The Balaban J connectivity index is 2.26. The lowest BCUT2D eigenvalue weighted by Gasteiger charge is -2.10. The lowest BCUT2D eigenvalue weighted by molar-refractivity contribution is 0.0685. The van der Waals surface area contributed by atoms with Crippen LogP contribution in [0.15, 0.2) is 36.5 Å². The van der Waals surface area contributed by atoms with Gasteiger partial charge in [-0.3, -0.25) is 0 Å². The molecule has 0 saturated heterocycles. The van der Waals surface area contributed by atoms with Crippen LogP contribution in [0, 0.1) is 0 Å². The fourth-order valence-corrected chi connectivity index (χ4v) is 2.31. The number of aromatic carboxylic acids is 2. The van der Waals surface area contributed by atoms with E-state index in [1.165, 1.54) is 0 Å². The molecule has 0 atom stereocenters. The zero-order valence-electron chi connectivity index (χ0n) is 11.7. The molecule has 0 radical (unpaired) electrons. The third kappa shape index (κ3) is 3.31. The Kier molecular flexibility index (Phi) is 4.42. The van der Waals surface area contributed by atoms with Crippen molar-refractivity contribution in [2.75, 3.05) is 0 Å². The Labute approximate surface area is 122 Å². The molecule has 0 bridgehead atoms. The van der Waals surface area contributed by atoms with E-state index in [-0.39, 0.29) is 5.56 Å². The highest BCUT2D eigenvalue weighted by molar-refractivity contribution is 5.89. The van der Waals surface area contributed by atoms with Gasteiger partial charge in [0.15, 0.2) is 0 Å². The van der Waals surface area contributed by atoms with Crippen LogP contribution in [0.25, 0.3) is 0 Å². The Hall–Kier alpha value is -2.56. The molecule has 0 aliphatic heterocycles. The van der Waals surface area contributed by atoms with Gasteiger partial charge < -0.3 is 14.8 Å². The van der Waals surface area contributed by atoms with Gasteiger partial charge in [0.2, 0.25) is 0 Å². The SMILES string of the molecule is CCCc1c(C(=O)O)ccn1Cc1ccc(C(=O)O)cc1. The van der Waals surface area contributed by atoms with E-state index in [1.54, 1.807) is 36.5 Å². The average Bonchev–Trinajstić information content (AvgIpc) is 2.83. The van der Waals surface area contributed by atoms with Crippen LogP contribution in [0.4, 0.5) is 0 Å². The average molecular weight is 287 g/mol. The van der Waals surface area contributed by atoms with Crippen LogP contribution in [0.3, 0.4) is 0 Å². The maximum absolute atomic E-state index is 11.2. The summed E-state index contributed by atoms with van der Waals surface area (Å²) in [5.41, 5.74) is 2.31. The number of hydrogen-bond donors (Lipinski definition) is 2. The monoisotopic (exact) mass is 287 g/mol. The second-order valence-corrected chi connectivity index (χ2v) is 4.86. The second kappa shape index (κ2) is 6.26. The van der Waals surface area contributed by atoms with Crippen molar-refractivity contribution < 1.29 is 19.8 Å². The number of benzene rings is 1. The van der Waals surface area contributed by atoms with Crippen LogP contribution in [0.1, 0.15) is 45.3 Å². The highest BCUT2D eigenvalue weighted by atomic mass is 16.4. The predicted octanol–water partition coefficient (Wildman–Crippen LogP) is 2.89. The molecule has 2 aromatic rings. The first-order chi connectivity index (χ1) is 10.0. The Morgan fingerprint density at radius 2 is 1.71 bits per heavy atom. The first-order valence-electron chi connectivity index (χ1n) is 6.76. The molecule has 5 nitrogen and oxygen atoms in total. The summed E-state index contributed by atoms with van der Waals surface area (Å²) >= 11 is 0. The summed E-state index contributed by atoms with van der Waals surface area (Å²) in [6.07, 6.45) is 3.32. The summed E-state index contributed by atoms with van der Waals surface area (Å²) in [4.78, 5) is 22.0. The minimum atomic E-state index is -0.956. The minimum absolute atomic E-state index is 0.242. The van der Waals surface area contributed by atoms with Gasteiger partial charge in [-0.05, 0) is 30.2 Å². The van der Waals surface area contributed by atoms with E-state index in [0.29, 0.717) is 18.5 Å². The lowest BCUT2D eigenvalue weighted by atomic mass is 10.1. The molecule has 1 aromatic heterocycles. The van der Waals surface area contributed by atoms with Crippen LogP contribution >= 0.6 is 0 Å². The molecule has 0 aliphatic carbocycles. The molecule has 0 spiro atoms. The van der Waals surface area contributed by atoms with Gasteiger partial charge in [0, 0.05) is 18.4 Å². The molecule has 0 amide bonds. The fourth-order valence-electron chi connectivity index (χ4n) is 2.31. The number of aromatic nitrogens is 1. The van der Waals surface area contributed by atoms with Crippen molar-refractivity contribution in [2.24, 2.45) is 0 Å². The van der Waals surface area contributed by atoms with Gasteiger partial charge in [0.25, 0.3) is 0 Å². The standard InChI is InChI=1S/C16H17NO4/c1-2-3-14-13(16(20)21)8-9-17(14)10-11-4-6-12(7-5-11)15(18)19/h4-9H,2-3,10H2,1H3,(H,18,19)(H,20,21). The predicted molar refractivity (Wildman–Crippen MR) is 77.9 cm³/mol. The largest absolute Gasteiger partial charge is 0.478 e. The van der Waals surface area contributed by atoms with Gasteiger partial charge in [0.1, 0.15) is 0 Å². The van der Waals surface area contributed by atoms with Crippen molar-refractivity contribution in [2.45, 2.75) is 26.3 Å². The van der Waals surface area contributed by atoms with E-state index >= 15 is 0 Å². The number of carboxylic acid groups (broad SMARTS) is 2. The van der Waals surface area contributed by atoms with E-state index in [0.717, 1.165) is 17.7 Å². The number of rotatable bonds is 6. The lowest BCUT2D eigenvalue weighted by Crippen LogP contribution is -2.08. The third-order valence-corrected chi connectivity index (χ3v) is 3.35. The summed E-state index contributed by atoms with van der Waals surface area (Å²) in [5.74, 6) is -1.87. The van der Waals surface area contributed by atoms with Gasteiger partial charge in [-0.2, -0.15) is 0 Å². The first kappa shape index (κ1) is 14.8.